The zero-order valence-corrected chi connectivity index (χ0v) is 17.6. The minimum Gasteiger partial charge on any atom is -0.506 e. The number of nitrogens with one attached hydrogen (secondary N) is 2. The van der Waals surface area contributed by atoms with Gasteiger partial charge < -0.3 is 10.4 Å². The lowest BCUT2D eigenvalue weighted by atomic mass is 10.2. The Balaban J connectivity index is 1.88. The van der Waals surface area contributed by atoms with Gasteiger partial charge >= 0.3 is 0 Å². The molecule has 0 bridgehead atoms. The summed E-state index contributed by atoms with van der Waals surface area (Å²) in [7, 11) is -4.00. The molecular weight excluding hydrogens is 459 g/mol. The van der Waals surface area contributed by atoms with Gasteiger partial charge in [-0.2, -0.15) is 0 Å². The number of aromatic hydroxyl groups is 1. The van der Waals surface area contributed by atoms with Crippen LogP contribution in [0, 0.1) is 0 Å². The second-order valence-electron chi connectivity index (χ2n) is 5.87. The van der Waals surface area contributed by atoms with E-state index in [4.69, 9.17) is 34.8 Å². The highest BCUT2D eigenvalue weighted by molar-refractivity contribution is 7.92. The topological polar surface area (TPSA) is 95.5 Å². The van der Waals surface area contributed by atoms with Gasteiger partial charge in [-0.15, -0.1) is 0 Å². The lowest BCUT2D eigenvalue weighted by Gasteiger charge is -2.12. The van der Waals surface area contributed by atoms with Crippen molar-refractivity contribution in [2.75, 3.05) is 10.0 Å². The van der Waals surface area contributed by atoms with Crippen molar-refractivity contribution < 1.29 is 18.3 Å². The highest BCUT2D eigenvalue weighted by atomic mass is 35.5. The summed E-state index contributed by atoms with van der Waals surface area (Å²) in [5.74, 6) is -0.954. The van der Waals surface area contributed by atoms with Crippen LogP contribution < -0.4 is 10.0 Å². The van der Waals surface area contributed by atoms with Crippen LogP contribution in [0.2, 0.25) is 15.1 Å². The van der Waals surface area contributed by atoms with Crippen LogP contribution in [0.3, 0.4) is 0 Å². The molecule has 6 nitrogen and oxygen atoms in total. The van der Waals surface area contributed by atoms with E-state index in [1.807, 2.05) is 0 Å². The molecule has 0 spiro atoms. The van der Waals surface area contributed by atoms with Crippen molar-refractivity contribution >= 4 is 62.1 Å². The summed E-state index contributed by atoms with van der Waals surface area (Å²) in [6.07, 6.45) is 0. The number of hydrogen-bond donors (Lipinski definition) is 3. The molecule has 3 N–H and O–H groups in total. The third-order valence-electron chi connectivity index (χ3n) is 3.78. The molecule has 3 aromatic rings. The maximum absolute atomic E-state index is 12.6. The average Bonchev–Trinajstić information content (AvgIpc) is 2.63. The van der Waals surface area contributed by atoms with Gasteiger partial charge in [0.15, 0.2) is 0 Å². The lowest BCUT2D eigenvalue weighted by molar-refractivity contribution is 0.102. The lowest BCUT2D eigenvalue weighted by Crippen LogP contribution is -2.15. The van der Waals surface area contributed by atoms with Crippen LogP contribution >= 0.6 is 34.8 Å². The first-order chi connectivity index (χ1) is 13.7. The van der Waals surface area contributed by atoms with Crippen LogP contribution in [0.5, 0.6) is 5.75 Å². The normalized spacial score (nSPS) is 11.1. The Hall–Kier alpha value is -2.45. The first kappa shape index (κ1) is 21.3. The molecule has 0 radical (unpaired) electrons. The van der Waals surface area contributed by atoms with Crippen LogP contribution in [0.15, 0.2) is 65.6 Å². The molecule has 0 aliphatic heterocycles. The number of carbonyl (C=O) groups is 1. The number of rotatable bonds is 5. The van der Waals surface area contributed by atoms with Crippen LogP contribution in [0.4, 0.5) is 11.4 Å². The number of carbonyl (C=O) groups excluding carboxylic acids is 1. The Morgan fingerprint density at radius 1 is 0.897 bits per heavy atom. The van der Waals surface area contributed by atoms with E-state index < -0.39 is 15.9 Å². The zero-order chi connectivity index (χ0) is 21.2. The average molecular weight is 472 g/mol. The summed E-state index contributed by atoms with van der Waals surface area (Å²) in [6.45, 7) is 0. The van der Waals surface area contributed by atoms with Crippen molar-refractivity contribution in [2.24, 2.45) is 0 Å². The van der Waals surface area contributed by atoms with Gasteiger partial charge in [0.1, 0.15) is 5.75 Å². The van der Waals surface area contributed by atoms with Crippen molar-refractivity contribution in [3.63, 3.8) is 0 Å². The van der Waals surface area contributed by atoms with Gasteiger partial charge in [-0.05, 0) is 54.6 Å². The Bertz CT molecular complexity index is 1200. The number of amides is 1. The fourth-order valence-electron chi connectivity index (χ4n) is 2.41. The van der Waals surface area contributed by atoms with Gasteiger partial charge in [0, 0.05) is 10.0 Å². The fourth-order valence-corrected chi connectivity index (χ4v) is 4.17. The van der Waals surface area contributed by atoms with Crippen LogP contribution in [0.1, 0.15) is 10.4 Å². The minimum atomic E-state index is -4.00. The Labute approximate surface area is 182 Å². The summed E-state index contributed by atoms with van der Waals surface area (Å²) < 4.78 is 27.7. The first-order valence-corrected chi connectivity index (χ1v) is 10.7. The number of phenols is 1. The molecule has 0 saturated carbocycles. The van der Waals surface area contributed by atoms with Crippen LogP contribution in [-0.4, -0.2) is 19.4 Å². The third kappa shape index (κ3) is 5.13. The maximum atomic E-state index is 12.6. The van der Waals surface area contributed by atoms with E-state index in [1.165, 1.54) is 36.4 Å². The number of hydrogen-bond acceptors (Lipinski definition) is 4. The molecule has 0 atom stereocenters. The second-order valence-corrected chi connectivity index (χ2v) is 8.84. The van der Waals surface area contributed by atoms with Gasteiger partial charge in [0.2, 0.25) is 0 Å². The zero-order valence-electron chi connectivity index (χ0n) is 14.5. The summed E-state index contributed by atoms with van der Waals surface area (Å²) in [5, 5.41) is 13.3. The van der Waals surface area contributed by atoms with Crippen molar-refractivity contribution in [3.8, 4) is 5.75 Å². The smallest absolute Gasteiger partial charge is 0.261 e. The largest absolute Gasteiger partial charge is 0.506 e. The molecule has 1 amide bonds. The van der Waals surface area contributed by atoms with Gasteiger partial charge in [0.25, 0.3) is 15.9 Å². The van der Waals surface area contributed by atoms with Crippen LogP contribution in [0.25, 0.3) is 0 Å². The molecule has 0 fully saturated rings. The Morgan fingerprint density at radius 3 is 2.31 bits per heavy atom. The Morgan fingerprint density at radius 2 is 1.62 bits per heavy atom. The van der Waals surface area contributed by atoms with E-state index in [1.54, 1.807) is 12.1 Å². The molecular formula is C19H13Cl3N2O4S. The molecule has 0 aliphatic carbocycles. The van der Waals surface area contributed by atoms with E-state index >= 15 is 0 Å². The number of benzene rings is 3. The van der Waals surface area contributed by atoms with Gasteiger partial charge in [-0.1, -0.05) is 40.9 Å². The highest BCUT2D eigenvalue weighted by Gasteiger charge is 2.19. The summed E-state index contributed by atoms with van der Waals surface area (Å²) >= 11 is 17.7. The van der Waals surface area contributed by atoms with E-state index in [9.17, 15) is 18.3 Å². The van der Waals surface area contributed by atoms with Crippen molar-refractivity contribution in [1.82, 2.24) is 0 Å². The van der Waals surface area contributed by atoms with Gasteiger partial charge in [-0.25, -0.2) is 8.42 Å². The first-order valence-electron chi connectivity index (χ1n) is 8.03. The minimum absolute atomic E-state index is 0.102. The predicted octanol–water partition coefficient (Wildman–Crippen LogP) is 5.41. The standard InChI is InChI=1S/C19H13Cl3N2O4S/c20-11-2-1-3-13(8-11)24-29(27,28)14-5-7-18(25)17(10-14)23-19(26)15-6-4-12(21)9-16(15)22/h1-10,24-25H,(H,23,26). The molecule has 10 heteroatoms. The van der Waals surface area contributed by atoms with E-state index in [-0.39, 0.29) is 32.6 Å². The van der Waals surface area contributed by atoms with Crippen LogP contribution in [-0.2, 0) is 10.0 Å². The van der Waals surface area contributed by atoms with Crippen molar-refractivity contribution in [1.29, 1.82) is 0 Å². The fraction of sp³-hybridized carbons (Fsp3) is 0. The molecule has 150 valence electrons. The van der Waals surface area contributed by atoms with Crippen molar-refractivity contribution in [2.45, 2.75) is 4.90 Å². The monoisotopic (exact) mass is 470 g/mol. The predicted molar refractivity (Wildman–Crippen MR) is 115 cm³/mol. The van der Waals surface area contributed by atoms with E-state index in [2.05, 4.69) is 10.0 Å². The molecule has 0 aromatic heterocycles. The number of anilines is 2. The highest BCUT2D eigenvalue weighted by Crippen LogP contribution is 2.29. The maximum Gasteiger partial charge on any atom is 0.261 e. The molecule has 29 heavy (non-hydrogen) atoms. The number of halogens is 3. The summed E-state index contributed by atoms with van der Waals surface area (Å²) in [5.41, 5.74) is 0.278. The van der Waals surface area contributed by atoms with Gasteiger partial charge in [-0.3, -0.25) is 9.52 Å². The molecule has 0 heterocycles. The molecule has 0 saturated heterocycles. The molecule has 0 aliphatic rings. The SMILES string of the molecule is O=C(Nc1cc(S(=O)(=O)Nc2cccc(Cl)c2)ccc1O)c1ccc(Cl)cc1Cl. The van der Waals surface area contributed by atoms with E-state index in [0.717, 1.165) is 12.1 Å². The second kappa shape index (κ2) is 8.51. The Kier molecular flexibility index (Phi) is 6.24. The molecule has 3 aromatic carbocycles. The summed E-state index contributed by atoms with van der Waals surface area (Å²) in [6, 6.07) is 14.0. The third-order valence-corrected chi connectivity index (χ3v) is 5.94. The number of phenolic OH excluding ortho intramolecular Hbond substituents is 1. The van der Waals surface area contributed by atoms with E-state index in [0.29, 0.717) is 10.0 Å². The summed E-state index contributed by atoms with van der Waals surface area (Å²) in [4.78, 5) is 12.3. The van der Waals surface area contributed by atoms with Gasteiger partial charge in [0.05, 0.1) is 26.9 Å². The van der Waals surface area contributed by atoms with Crippen molar-refractivity contribution in [3.05, 3.63) is 81.3 Å². The number of sulfonamides is 1. The quantitative estimate of drug-likeness (QED) is 0.434. The molecule has 0 unspecified atom stereocenters. The molecule has 3 rings (SSSR count).